The van der Waals surface area contributed by atoms with Crippen molar-refractivity contribution >= 4 is 11.8 Å². The van der Waals surface area contributed by atoms with E-state index in [1.165, 1.54) is 0 Å². The summed E-state index contributed by atoms with van der Waals surface area (Å²) < 4.78 is 88.1. The van der Waals surface area contributed by atoms with Crippen LogP contribution in [0, 0.1) is 0 Å². The summed E-state index contributed by atoms with van der Waals surface area (Å²) in [7, 11) is 0. The normalized spacial score (nSPS) is 12.3. The molecule has 0 saturated carbocycles. The van der Waals surface area contributed by atoms with Crippen molar-refractivity contribution in [1.82, 2.24) is 9.97 Å². The molecule has 0 unspecified atom stereocenters. The van der Waals surface area contributed by atoms with Crippen LogP contribution >= 0.6 is 11.8 Å². The van der Waals surface area contributed by atoms with Crippen LogP contribution in [0.4, 0.5) is 30.7 Å². The third-order valence-electron chi connectivity index (χ3n) is 1.38. The maximum Gasteiger partial charge on any atom is 0.433 e. The minimum Gasteiger partial charge on any atom is -0.417 e. The van der Waals surface area contributed by atoms with E-state index in [2.05, 4.69) is 14.7 Å². The second kappa shape index (κ2) is 5.59. The van der Waals surface area contributed by atoms with Gasteiger partial charge >= 0.3 is 12.8 Å². The molecule has 11 heteroatoms. The van der Waals surface area contributed by atoms with E-state index in [-0.39, 0.29) is 6.07 Å². The van der Waals surface area contributed by atoms with E-state index in [1.807, 2.05) is 0 Å². The van der Waals surface area contributed by atoms with Gasteiger partial charge in [-0.1, -0.05) is 0 Å². The highest BCUT2D eigenvalue weighted by Crippen LogP contribution is 2.32. The predicted octanol–water partition coefficient (Wildman–Crippen LogP) is 3.41. The summed E-state index contributed by atoms with van der Waals surface area (Å²) in [4.78, 5) is 5.77. The molecule has 0 fully saturated rings. The lowest BCUT2D eigenvalue weighted by atomic mass is 10.4. The van der Waals surface area contributed by atoms with Gasteiger partial charge in [0.2, 0.25) is 5.88 Å². The summed E-state index contributed by atoms with van der Waals surface area (Å²) >= 11 is -0.410. The standard InChI is InChI=1S/C7H3F7N2OS/c8-4(9)17-3-1-2(7(12,13)14)15-6(16-3)18-5(10)11/h1,4-5H. The van der Waals surface area contributed by atoms with Gasteiger partial charge in [0.15, 0.2) is 10.9 Å². The highest BCUT2D eigenvalue weighted by molar-refractivity contribution is 7.99. The molecule has 0 saturated heterocycles. The number of alkyl halides is 7. The molecule has 0 N–H and O–H groups in total. The molecule has 0 radical (unpaired) electrons. The summed E-state index contributed by atoms with van der Waals surface area (Å²) in [6.45, 7) is -3.43. The van der Waals surface area contributed by atoms with E-state index in [1.54, 1.807) is 0 Å². The summed E-state index contributed by atoms with van der Waals surface area (Å²) in [5, 5.41) is -1.00. The van der Waals surface area contributed by atoms with Gasteiger partial charge in [-0.3, -0.25) is 0 Å². The Hall–Kier alpha value is -1.26. The van der Waals surface area contributed by atoms with Crippen molar-refractivity contribution in [2.24, 2.45) is 0 Å². The Bertz CT molecular complexity index is 383. The van der Waals surface area contributed by atoms with Crippen LogP contribution in [0.2, 0.25) is 0 Å². The average Bonchev–Trinajstić information content (AvgIpc) is 2.13. The number of rotatable bonds is 4. The van der Waals surface area contributed by atoms with Crippen LogP contribution in [0.15, 0.2) is 11.2 Å². The smallest absolute Gasteiger partial charge is 0.417 e. The number of aromatic nitrogens is 2. The number of hydrogen-bond donors (Lipinski definition) is 0. The minimum absolute atomic E-state index is 0.0989. The molecule has 0 amide bonds. The SMILES string of the molecule is FC(F)Oc1cc(C(F)(F)F)nc(SC(F)F)n1. The maximum absolute atomic E-state index is 12.3. The zero-order chi connectivity index (χ0) is 13.9. The molecule has 0 aromatic carbocycles. The quantitative estimate of drug-likeness (QED) is 0.484. The van der Waals surface area contributed by atoms with Gasteiger partial charge in [-0.05, 0) is 11.8 Å². The average molecular weight is 296 g/mol. The predicted molar refractivity (Wildman–Crippen MR) is 45.5 cm³/mol. The first-order chi connectivity index (χ1) is 8.18. The molecule has 1 aromatic rings. The molecule has 0 bridgehead atoms. The van der Waals surface area contributed by atoms with Crippen LogP contribution in [0.25, 0.3) is 0 Å². The highest BCUT2D eigenvalue weighted by Gasteiger charge is 2.34. The second-order valence-corrected chi connectivity index (χ2v) is 3.59. The fourth-order valence-corrected chi connectivity index (χ4v) is 1.29. The van der Waals surface area contributed by atoms with Crippen molar-refractivity contribution in [2.45, 2.75) is 23.7 Å². The second-order valence-electron chi connectivity index (χ2n) is 2.63. The summed E-state index contributed by atoms with van der Waals surface area (Å²) in [5.74, 6) is -4.22. The largest absolute Gasteiger partial charge is 0.433 e. The van der Waals surface area contributed by atoms with E-state index in [9.17, 15) is 30.7 Å². The van der Waals surface area contributed by atoms with Gasteiger partial charge in [-0.2, -0.15) is 35.7 Å². The summed E-state index contributed by atoms with van der Waals surface area (Å²) in [5.41, 5.74) is -1.64. The van der Waals surface area contributed by atoms with Crippen molar-refractivity contribution in [1.29, 1.82) is 0 Å². The van der Waals surface area contributed by atoms with Gasteiger partial charge in [-0.25, -0.2) is 4.98 Å². The Kier molecular flexibility index (Phi) is 4.59. The fraction of sp³-hybridized carbons (Fsp3) is 0.429. The van der Waals surface area contributed by atoms with Crippen LogP contribution in [0.5, 0.6) is 5.88 Å². The minimum atomic E-state index is -4.99. The third-order valence-corrected chi connectivity index (χ3v) is 1.95. The van der Waals surface area contributed by atoms with Crippen molar-refractivity contribution < 1.29 is 35.5 Å². The number of hydrogen-bond acceptors (Lipinski definition) is 4. The number of thioether (sulfide) groups is 1. The van der Waals surface area contributed by atoms with Crippen molar-refractivity contribution in [3.8, 4) is 5.88 Å². The molecule has 0 aliphatic rings. The van der Waals surface area contributed by atoms with Crippen LogP contribution in [-0.4, -0.2) is 22.3 Å². The molecule has 1 rings (SSSR count). The molecule has 0 atom stereocenters. The molecule has 18 heavy (non-hydrogen) atoms. The van der Waals surface area contributed by atoms with Gasteiger partial charge in [-0.15, -0.1) is 0 Å². The van der Waals surface area contributed by atoms with Gasteiger partial charge in [0.1, 0.15) is 0 Å². The Morgan fingerprint density at radius 3 is 2.17 bits per heavy atom. The number of ether oxygens (including phenoxy) is 1. The summed E-state index contributed by atoms with van der Waals surface area (Å²) in [6.07, 6.45) is -4.99. The highest BCUT2D eigenvalue weighted by atomic mass is 32.2. The zero-order valence-corrected chi connectivity index (χ0v) is 8.91. The molecule has 0 aliphatic heterocycles. The number of halogens is 7. The first kappa shape index (κ1) is 14.8. The van der Waals surface area contributed by atoms with Crippen molar-refractivity contribution in [3.05, 3.63) is 11.8 Å². The Morgan fingerprint density at radius 1 is 1.11 bits per heavy atom. The molecular weight excluding hydrogens is 293 g/mol. The van der Waals surface area contributed by atoms with E-state index >= 15 is 0 Å². The molecule has 1 heterocycles. The fourth-order valence-electron chi connectivity index (χ4n) is 0.833. The number of nitrogens with zero attached hydrogens (tertiary/aromatic N) is 2. The van der Waals surface area contributed by atoms with Crippen LogP contribution in [-0.2, 0) is 6.18 Å². The molecule has 3 nitrogen and oxygen atoms in total. The van der Waals surface area contributed by atoms with Crippen LogP contribution in [0.1, 0.15) is 5.69 Å². The van der Waals surface area contributed by atoms with Crippen LogP contribution < -0.4 is 4.74 Å². The Labute approximate surface area is 99.4 Å². The first-order valence-electron chi connectivity index (χ1n) is 4.04. The van der Waals surface area contributed by atoms with Gasteiger partial charge < -0.3 is 4.74 Å². The van der Waals surface area contributed by atoms with Crippen molar-refractivity contribution in [2.75, 3.05) is 0 Å². The summed E-state index contributed by atoms with van der Waals surface area (Å²) in [6, 6.07) is 0.0989. The molecular formula is C7H3F7N2OS. The van der Waals surface area contributed by atoms with E-state index in [4.69, 9.17) is 0 Å². The van der Waals surface area contributed by atoms with E-state index in [0.717, 1.165) is 0 Å². The monoisotopic (exact) mass is 296 g/mol. The van der Waals surface area contributed by atoms with Gasteiger partial charge in [0, 0.05) is 6.07 Å². The lowest BCUT2D eigenvalue weighted by Crippen LogP contribution is -2.12. The maximum atomic E-state index is 12.3. The first-order valence-corrected chi connectivity index (χ1v) is 4.92. The third kappa shape index (κ3) is 4.55. The van der Waals surface area contributed by atoms with Crippen LogP contribution in [0.3, 0.4) is 0 Å². The lowest BCUT2D eigenvalue weighted by Gasteiger charge is -2.10. The van der Waals surface area contributed by atoms with Gasteiger partial charge in [0.25, 0.3) is 5.76 Å². The van der Waals surface area contributed by atoms with E-state index in [0.29, 0.717) is 0 Å². The van der Waals surface area contributed by atoms with Gasteiger partial charge in [0.05, 0.1) is 0 Å². The molecule has 0 aliphatic carbocycles. The zero-order valence-electron chi connectivity index (χ0n) is 8.09. The molecule has 0 spiro atoms. The Balaban J connectivity index is 3.11. The molecule has 1 aromatic heterocycles. The topological polar surface area (TPSA) is 35.0 Å². The van der Waals surface area contributed by atoms with Crippen molar-refractivity contribution in [3.63, 3.8) is 0 Å². The Morgan fingerprint density at radius 2 is 1.72 bits per heavy atom. The van der Waals surface area contributed by atoms with E-state index < -0.39 is 47.0 Å². The lowest BCUT2D eigenvalue weighted by molar-refractivity contribution is -0.142. The molecule has 102 valence electrons.